The second-order valence-electron chi connectivity index (χ2n) is 8.92. The molecular formula is C24H22N8OS. The molecule has 0 unspecified atom stereocenters. The molecule has 2 fully saturated rings. The highest BCUT2D eigenvalue weighted by atomic mass is 32.1. The lowest BCUT2D eigenvalue weighted by Crippen LogP contribution is -2.56. The Labute approximate surface area is 199 Å². The van der Waals surface area contributed by atoms with E-state index in [1.807, 2.05) is 46.5 Å². The van der Waals surface area contributed by atoms with Gasteiger partial charge < -0.3 is 19.4 Å². The molecule has 7 rings (SSSR count). The summed E-state index contributed by atoms with van der Waals surface area (Å²) in [5.74, 6) is 0.932. The van der Waals surface area contributed by atoms with Crippen LogP contribution in [0.5, 0.6) is 0 Å². The molecule has 1 N–H and O–H groups in total. The Bertz CT molecular complexity index is 1470. The first-order chi connectivity index (χ1) is 16.7. The fraction of sp³-hybridized carbons (Fsp3) is 0.292. The summed E-state index contributed by atoms with van der Waals surface area (Å²) in [5, 5.41) is 1.12. The van der Waals surface area contributed by atoms with E-state index in [1.165, 1.54) is 0 Å². The zero-order valence-electron chi connectivity index (χ0n) is 18.3. The number of carbonyl (C=O) groups excluding carboxylic acids is 1. The predicted molar refractivity (Wildman–Crippen MR) is 131 cm³/mol. The van der Waals surface area contributed by atoms with Gasteiger partial charge in [0.15, 0.2) is 11.5 Å². The Morgan fingerprint density at radius 2 is 1.85 bits per heavy atom. The van der Waals surface area contributed by atoms with Crippen molar-refractivity contribution in [2.75, 3.05) is 18.0 Å². The van der Waals surface area contributed by atoms with Gasteiger partial charge in [0.25, 0.3) is 0 Å². The zero-order chi connectivity index (χ0) is 22.6. The molecule has 4 aromatic heterocycles. The van der Waals surface area contributed by atoms with Crippen LogP contribution in [0.2, 0.25) is 0 Å². The number of aromatic amines is 1. The van der Waals surface area contributed by atoms with E-state index in [2.05, 4.69) is 29.7 Å². The number of piperazine rings is 1. The first kappa shape index (κ1) is 19.7. The van der Waals surface area contributed by atoms with Crippen molar-refractivity contribution in [3.8, 4) is 11.5 Å². The van der Waals surface area contributed by atoms with Crippen LogP contribution in [-0.2, 0) is 11.3 Å². The van der Waals surface area contributed by atoms with Crippen LogP contribution in [-0.4, -0.2) is 65.5 Å². The molecular weight excluding hydrogens is 448 g/mol. The highest BCUT2D eigenvalue weighted by molar-refractivity contribution is 7.14. The van der Waals surface area contributed by atoms with Gasteiger partial charge in [-0.3, -0.25) is 4.79 Å². The van der Waals surface area contributed by atoms with Crippen LogP contribution >= 0.6 is 11.3 Å². The van der Waals surface area contributed by atoms with Crippen LogP contribution in [0.1, 0.15) is 12.8 Å². The number of rotatable bonds is 4. The summed E-state index contributed by atoms with van der Waals surface area (Å²) in [6, 6.07) is 12.2. The van der Waals surface area contributed by atoms with Gasteiger partial charge in [-0.15, -0.1) is 11.3 Å². The van der Waals surface area contributed by atoms with Crippen molar-refractivity contribution in [1.82, 2.24) is 34.4 Å². The fourth-order valence-electron chi connectivity index (χ4n) is 5.41. The number of nitrogens with one attached hydrogen (secondary N) is 1. The number of hydrogen-bond acceptors (Lipinski definition) is 7. The number of anilines is 1. The number of amides is 1. The largest absolute Gasteiger partial charge is 0.357 e. The number of carbonyl (C=O) groups is 1. The van der Waals surface area contributed by atoms with E-state index in [1.54, 1.807) is 23.9 Å². The molecule has 34 heavy (non-hydrogen) atoms. The molecule has 0 spiro atoms. The maximum absolute atomic E-state index is 13.4. The molecule has 0 saturated carbocycles. The molecule has 9 nitrogen and oxygen atoms in total. The molecule has 0 aliphatic carbocycles. The smallest absolute Gasteiger partial charge is 0.243 e. The zero-order valence-corrected chi connectivity index (χ0v) is 19.1. The number of nitrogens with zero attached hydrogens (tertiary/aromatic N) is 7. The van der Waals surface area contributed by atoms with Crippen molar-refractivity contribution in [3.05, 3.63) is 54.4 Å². The molecule has 10 heteroatoms. The normalized spacial score (nSPS) is 20.0. The summed E-state index contributed by atoms with van der Waals surface area (Å²) in [6.45, 7) is 1.88. The number of para-hydroxylation sites is 2. The lowest BCUT2D eigenvalue weighted by Gasteiger charge is -2.41. The van der Waals surface area contributed by atoms with E-state index in [-0.39, 0.29) is 24.5 Å². The van der Waals surface area contributed by atoms with Crippen LogP contribution in [0.3, 0.4) is 0 Å². The number of imidazole rings is 2. The minimum absolute atomic E-state index is 0.138. The second kappa shape index (κ2) is 7.63. The van der Waals surface area contributed by atoms with Gasteiger partial charge in [0.1, 0.15) is 22.8 Å². The summed E-state index contributed by atoms with van der Waals surface area (Å²) in [4.78, 5) is 39.4. The summed E-state index contributed by atoms with van der Waals surface area (Å²) in [6.07, 6.45) is 5.50. The number of hydrogen-bond donors (Lipinski definition) is 1. The topological polar surface area (TPSA) is 95.8 Å². The van der Waals surface area contributed by atoms with Gasteiger partial charge >= 0.3 is 0 Å². The lowest BCUT2D eigenvalue weighted by atomic mass is 10.2. The summed E-state index contributed by atoms with van der Waals surface area (Å²) >= 11 is 1.64. The molecule has 2 aliphatic heterocycles. The third-order valence-corrected chi connectivity index (χ3v) is 7.79. The number of thiazole rings is 1. The Morgan fingerprint density at radius 1 is 1.03 bits per heavy atom. The third kappa shape index (κ3) is 3.09. The fourth-order valence-corrected chi connectivity index (χ4v) is 6.23. The minimum atomic E-state index is 0.138. The van der Waals surface area contributed by atoms with Crippen LogP contribution in [0.4, 0.5) is 5.00 Å². The number of benzene rings is 1. The standard InChI is InChI=1S/C24H22N8OS/c33-20(12-31-13-26-19-6-3-9-25-23(19)31)32-15-7-8-16(32)11-30(10-15)24-21(27-14-34-24)22-28-17-4-1-2-5-18(17)29-22/h1-6,9,13-16H,7-8,10-12H2,(H,28,29)/t15-,16+. The van der Waals surface area contributed by atoms with Crippen molar-refractivity contribution in [3.63, 3.8) is 0 Å². The first-order valence-electron chi connectivity index (χ1n) is 11.4. The van der Waals surface area contributed by atoms with Gasteiger partial charge in [-0.2, -0.15) is 0 Å². The van der Waals surface area contributed by atoms with Crippen molar-refractivity contribution in [2.45, 2.75) is 31.5 Å². The first-order valence-corrected chi connectivity index (χ1v) is 12.3. The lowest BCUT2D eigenvalue weighted by molar-refractivity contribution is -0.135. The average Bonchev–Trinajstić information content (AvgIpc) is 3.63. The Morgan fingerprint density at radius 3 is 2.71 bits per heavy atom. The van der Waals surface area contributed by atoms with Gasteiger partial charge in [-0.25, -0.2) is 19.9 Å². The van der Waals surface area contributed by atoms with Crippen LogP contribution in [0.15, 0.2) is 54.4 Å². The van der Waals surface area contributed by atoms with Crippen LogP contribution in [0.25, 0.3) is 33.7 Å². The molecule has 2 aliphatic rings. The van der Waals surface area contributed by atoms with Crippen LogP contribution < -0.4 is 4.90 Å². The molecule has 6 heterocycles. The van der Waals surface area contributed by atoms with Crippen molar-refractivity contribution in [2.24, 2.45) is 0 Å². The Hall–Kier alpha value is -3.79. The second-order valence-corrected chi connectivity index (χ2v) is 9.75. The molecule has 1 aromatic carbocycles. The van der Waals surface area contributed by atoms with E-state index in [0.29, 0.717) is 0 Å². The molecule has 170 valence electrons. The SMILES string of the molecule is O=C(Cn1cnc2cccnc21)N1[C@@H]2CC[C@H]1CN(c1scnc1-c1nc3ccccc3[nH]1)C2. The van der Waals surface area contributed by atoms with Gasteiger partial charge in [0, 0.05) is 31.4 Å². The van der Waals surface area contributed by atoms with Crippen molar-refractivity contribution in [1.29, 1.82) is 0 Å². The summed E-state index contributed by atoms with van der Waals surface area (Å²) in [7, 11) is 0. The van der Waals surface area contributed by atoms with Crippen molar-refractivity contribution < 1.29 is 4.79 Å². The number of aromatic nitrogens is 6. The van der Waals surface area contributed by atoms with Gasteiger partial charge in [0.2, 0.25) is 5.91 Å². The number of pyridine rings is 1. The quantitative estimate of drug-likeness (QED) is 0.433. The number of fused-ring (bicyclic) bond motifs is 4. The van der Waals surface area contributed by atoms with Gasteiger partial charge in [-0.05, 0) is 37.1 Å². The van der Waals surface area contributed by atoms with Crippen molar-refractivity contribution >= 4 is 44.4 Å². The predicted octanol–water partition coefficient (Wildman–Crippen LogP) is 3.31. The summed E-state index contributed by atoms with van der Waals surface area (Å²) in [5.41, 5.74) is 6.28. The van der Waals surface area contributed by atoms with Gasteiger partial charge in [0.05, 0.1) is 22.9 Å². The third-order valence-electron chi connectivity index (χ3n) is 6.90. The highest BCUT2D eigenvalue weighted by Gasteiger charge is 2.43. The molecule has 2 saturated heterocycles. The van der Waals surface area contributed by atoms with E-state index in [0.717, 1.165) is 64.6 Å². The Kier molecular flexibility index (Phi) is 4.41. The molecule has 2 atom stereocenters. The molecule has 0 radical (unpaired) electrons. The monoisotopic (exact) mass is 470 g/mol. The van der Waals surface area contributed by atoms with Crippen LogP contribution in [0, 0.1) is 0 Å². The Balaban J connectivity index is 1.13. The maximum Gasteiger partial charge on any atom is 0.243 e. The molecule has 1 amide bonds. The molecule has 5 aromatic rings. The van der Waals surface area contributed by atoms with E-state index in [9.17, 15) is 4.79 Å². The summed E-state index contributed by atoms with van der Waals surface area (Å²) < 4.78 is 1.85. The average molecular weight is 471 g/mol. The number of H-pyrrole nitrogens is 1. The van der Waals surface area contributed by atoms with Gasteiger partial charge in [-0.1, -0.05) is 12.1 Å². The maximum atomic E-state index is 13.4. The van der Waals surface area contributed by atoms with E-state index in [4.69, 9.17) is 4.98 Å². The van der Waals surface area contributed by atoms with E-state index >= 15 is 0 Å². The highest BCUT2D eigenvalue weighted by Crippen LogP contribution is 2.39. The molecule has 2 bridgehead atoms. The minimum Gasteiger partial charge on any atom is -0.357 e. The van der Waals surface area contributed by atoms with E-state index < -0.39 is 0 Å².